The first kappa shape index (κ1) is 25.1. The number of carbonyl (C=O) groups is 1. The van der Waals surface area contributed by atoms with Gasteiger partial charge in [-0.25, -0.2) is 0 Å². The average Bonchev–Trinajstić information content (AvgIpc) is 3.40. The Balaban J connectivity index is 1.47. The second-order valence-electron chi connectivity index (χ2n) is 9.93. The molecule has 0 radical (unpaired) electrons. The number of furan rings is 1. The van der Waals surface area contributed by atoms with Crippen LogP contribution < -0.4 is 5.32 Å². The van der Waals surface area contributed by atoms with Gasteiger partial charge in [-0.1, -0.05) is 32.0 Å². The predicted octanol–water partition coefficient (Wildman–Crippen LogP) is 4.21. The van der Waals surface area contributed by atoms with E-state index in [0.717, 1.165) is 50.7 Å². The van der Waals surface area contributed by atoms with Gasteiger partial charge in [-0.05, 0) is 55.0 Å². The molecule has 0 saturated carbocycles. The van der Waals surface area contributed by atoms with E-state index in [9.17, 15) is 4.79 Å². The predicted molar refractivity (Wildman–Crippen MR) is 134 cm³/mol. The Labute approximate surface area is 207 Å². The van der Waals surface area contributed by atoms with E-state index >= 15 is 0 Å². The van der Waals surface area contributed by atoms with Gasteiger partial charge in [0.1, 0.15) is 18.2 Å². The van der Waals surface area contributed by atoms with Crippen molar-refractivity contribution in [3.8, 4) is 0 Å². The fourth-order valence-corrected chi connectivity index (χ4v) is 4.61. The zero-order valence-corrected chi connectivity index (χ0v) is 21.5. The van der Waals surface area contributed by atoms with Gasteiger partial charge in [-0.3, -0.25) is 9.69 Å². The Hall–Kier alpha value is -2.97. The molecule has 1 atom stereocenters. The van der Waals surface area contributed by atoms with Crippen molar-refractivity contribution in [2.24, 2.45) is 5.92 Å². The number of fused-ring (bicyclic) bond motifs is 1. The molecule has 1 N–H and O–H groups in total. The first-order valence-electron chi connectivity index (χ1n) is 12.4. The molecule has 3 aromatic rings. The summed E-state index contributed by atoms with van der Waals surface area (Å²) in [4.78, 5) is 15.5. The van der Waals surface area contributed by atoms with Gasteiger partial charge in [-0.15, -0.1) is 10.2 Å². The number of nitrogens with zero attached hydrogens (tertiary/aromatic N) is 4. The molecule has 0 spiro atoms. The van der Waals surface area contributed by atoms with Crippen molar-refractivity contribution in [2.75, 3.05) is 20.2 Å². The fraction of sp³-hybridized carbons (Fsp3) is 0.519. The molecule has 8 nitrogen and oxygen atoms in total. The van der Waals surface area contributed by atoms with Crippen LogP contribution in [0.25, 0.3) is 0 Å². The highest BCUT2D eigenvalue weighted by Gasteiger charge is 2.27. The summed E-state index contributed by atoms with van der Waals surface area (Å²) in [5.41, 5.74) is 3.99. The Morgan fingerprint density at radius 1 is 1.11 bits per heavy atom. The molecule has 1 aliphatic heterocycles. The van der Waals surface area contributed by atoms with Gasteiger partial charge in [0, 0.05) is 39.7 Å². The molecule has 1 aromatic carbocycles. The van der Waals surface area contributed by atoms with Crippen LogP contribution in [-0.4, -0.2) is 45.8 Å². The summed E-state index contributed by atoms with van der Waals surface area (Å²) in [6.07, 6.45) is 1.60. The maximum atomic E-state index is 13.0. The molecule has 0 fully saturated rings. The molecule has 0 unspecified atom stereocenters. The normalized spacial score (nSPS) is 15.1. The second kappa shape index (κ2) is 11.2. The molecule has 188 valence electrons. The summed E-state index contributed by atoms with van der Waals surface area (Å²) in [5, 5.41) is 12.2. The topological polar surface area (TPSA) is 85.4 Å². The SMILES string of the molecule is COCc1ccc(C(=O)N[C@@H](CC(C)C)c2nnc3n2CCN(Cc2ccc(C)c(C)c2)CC3)o1. The highest BCUT2D eigenvalue weighted by Crippen LogP contribution is 2.24. The lowest BCUT2D eigenvalue weighted by Gasteiger charge is -2.22. The Morgan fingerprint density at radius 3 is 2.69 bits per heavy atom. The number of benzene rings is 1. The van der Waals surface area contributed by atoms with E-state index in [-0.39, 0.29) is 17.7 Å². The van der Waals surface area contributed by atoms with Gasteiger partial charge in [0.25, 0.3) is 5.91 Å². The molecular formula is C27H37N5O3. The van der Waals surface area contributed by atoms with E-state index in [1.807, 2.05) is 0 Å². The monoisotopic (exact) mass is 479 g/mol. The number of hydrogen-bond donors (Lipinski definition) is 1. The lowest BCUT2D eigenvalue weighted by Crippen LogP contribution is -2.32. The van der Waals surface area contributed by atoms with Crippen LogP contribution in [0.2, 0.25) is 0 Å². The lowest BCUT2D eigenvalue weighted by molar-refractivity contribution is 0.0892. The average molecular weight is 480 g/mol. The highest BCUT2D eigenvalue weighted by molar-refractivity contribution is 5.91. The number of aromatic nitrogens is 3. The van der Waals surface area contributed by atoms with Crippen molar-refractivity contribution < 1.29 is 13.9 Å². The second-order valence-corrected chi connectivity index (χ2v) is 9.93. The van der Waals surface area contributed by atoms with Crippen LogP contribution in [0, 0.1) is 19.8 Å². The first-order chi connectivity index (χ1) is 16.8. The minimum absolute atomic E-state index is 0.244. The molecule has 2 aromatic heterocycles. The third-order valence-corrected chi connectivity index (χ3v) is 6.62. The number of amides is 1. The summed E-state index contributed by atoms with van der Waals surface area (Å²) in [7, 11) is 1.60. The third kappa shape index (κ3) is 6.18. The summed E-state index contributed by atoms with van der Waals surface area (Å²) in [6.45, 7) is 12.5. The quantitative estimate of drug-likeness (QED) is 0.495. The molecule has 0 bridgehead atoms. The van der Waals surface area contributed by atoms with Gasteiger partial charge >= 0.3 is 0 Å². The van der Waals surface area contributed by atoms with Crippen LogP contribution in [0.4, 0.5) is 0 Å². The number of rotatable bonds is 9. The molecule has 1 amide bonds. The van der Waals surface area contributed by atoms with E-state index in [4.69, 9.17) is 9.15 Å². The smallest absolute Gasteiger partial charge is 0.287 e. The number of nitrogens with one attached hydrogen (secondary N) is 1. The molecule has 0 saturated heterocycles. The van der Waals surface area contributed by atoms with Crippen molar-refractivity contribution >= 4 is 5.91 Å². The zero-order valence-electron chi connectivity index (χ0n) is 21.5. The summed E-state index contributed by atoms with van der Waals surface area (Å²) < 4.78 is 12.9. The van der Waals surface area contributed by atoms with Gasteiger partial charge in [0.05, 0.1) is 6.04 Å². The van der Waals surface area contributed by atoms with Crippen LogP contribution in [0.5, 0.6) is 0 Å². The lowest BCUT2D eigenvalue weighted by atomic mass is 10.0. The van der Waals surface area contributed by atoms with Crippen LogP contribution in [-0.2, 0) is 30.9 Å². The maximum absolute atomic E-state index is 13.0. The first-order valence-corrected chi connectivity index (χ1v) is 12.4. The Bertz CT molecular complexity index is 1150. The van der Waals surface area contributed by atoms with Crippen molar-refractivity contribution in [1.29, 1.82) is 0 Å². The summed E-state index contributed by atoms with van der Waals surface area (Å²) in [6, 6.07) is 9.91. The van der Waals surface area contributed by atoms with Gasteiger partial charge in [0.15, 0.2) is 11.6 Å². The van der Waals surface area contributed by atoms with Gasteiger partial charge in [-0.2, -0.15) is 0 Å². The van der Waals surface area contributed by atoms with Crippen LogP contribution in [0.15, 0.2) is 34.7 Å². The maximum Gasteiger partial charge on any atom is 0.287 e. The minimum Gasteiger partial charge on any atom is -0.453 e. The molecular weight excluding hydrogens is 442 g/mol. The minimum atomic E-state index is -0.250. The Morgan fingerprint density at radius 2 is 1.94 bits per heavy atom. The van der Waals surface area contributed by atoms with E-state index in [0.29, 0.717) is 18.3 Å². The molecule has 8 heteroatoms. The summed E-state index contributed by atoms with van der Waals surface area (Å²) >= 11 is 0. The Kier molecular flexibility index (Phi) is 8.03. The van der Waals surface area contributed by atoms with E-state index in [2.05, 4.69) is 70.9 Å². The molecule has 0 aliphatic carbocycles. The van der Waals surface area contributed by atoms with Crippen LogP contribution in [0.3, 0.4) is 0 Å². The summed E-state index contributed by atoms with van der Waals surface area (Å²) in [5.74, 6) is 2.82. The van der Waals surface area contributed by atoms with Crippen molar-refractivity contribution in [3.05, 3.63) is 70.2 Å². The van der Waals surface area contributed by atoms with Crippen LogP contribution in [0.1, 0.15) is 71.0 Å². The van der Waals surface area contributed by atoms with E-state index in [1.54, 1.807) is 19.2 Å². The number of ether oxygens (including phenoxy) is 1. The highest BCUT2D eigenvalue weighted by atomic mass is 16.5. The molecule has 4 rings (SSSR count). The number of carbonyl (C=O) groups excluding carboxylic acids is 1. The third-order valence-electron chi connectivity index (χ3n) is 6.62. The van der Waals surface area contributed by atoms with Gasteiger partial charge in [0.2, 0.25) is 0 Å². The standard InChI is InChI=1S/C27H37N5O3/c1-18(2)14-23(28-27(33)24-9-8-22(35-24)17-34-5)26-30-29-25-10-11-31(12-13-32(25)26)16-21-7-6-19(3)20(4)15-21/h6-9,15,18,23H,10-14,16-17H2,1-5H3,(H,28,33)/t23-/m0/s1. The van der Waals surface area contributed by atoms with E-state index in [1.165, 1.54) is 16.7 Å². The van der Waals surface area contributed by atoms with Crippen molar-refractivity contribution in [2.45, 2.75) is 66.3 Å². The number of aryl methyl sites for hydroxylation is 2. The van der Waals surface area contributed by atoms with Crippen LogP contribution >= 0.6 is 0 Å². The van der Waals surface area contributed by atoms with Gasteiger partial charge < -0.3 is 19.0 Å². The van der Waals surface area contributed by atoms with Crippen molar-refractivity contribution in [1.82, 2.24) is 25.0 Å². The molecule has 3 heterocycles. The number of hydrogen-bond acceptors (Lipinski definition) is 6. The molecule has 1 aliphatic rings. The largest absolute Gasteiger partial charge is 0.453 e. The zero-order chi connectivity index (χ0) is 24.9. The number of methoxy groups -OCH3 is 1. The fourth-order valence-electron chi connectivity index (χ4n) is 4.61. The van der Waals surface area contributed by atoms with E-state index < -0.39 is 0 Å². The van der Waals surface area contributed by atoms with Crippen molar-refractivity contribution in [3.63, 3.8) is 0 Å². The molecule has 35 heavy (non-hydrogen) atoms.